The quantitative estimate of drug-likeness (QED) is 0.834. The minimum Gasteiger partial charge on any atom is -0.331 e. The topological polar surface area (TPSA) is 41.1 Å². The van der Waals surface area contributed by atoms with Gasteiger partial charge in [-0.3, -0.25) is 0 Å². The zero-order valence-corrected chi connectivity index (χ0v) is 13.1. The van der Waals surface area contributed by atoms with Crippen molar-refractivity contribution in [3.8, 4) is 0 Å². The number of anilines is 1. The molecular weight excluding hydrogens is 279 g/mol. The van der Waals surface area contributed by atoms with Crippen molar-refractivity contribution in [2.24, 2.45) is 0 Å². The van der Waals surface area contributed by atoms with Gasteiger partial charge >= 0.3 is 6.03 Å². The van der Waals surface area contributed by atoms with Crippen molar-refractivity contribution in [3.63, 3.8) is 0 Å². The minimum absolute atomic E-state index is 0.202. The van der Waals surface area contributed by atoms with Crippen LogP contribution in [0.1, 0.15) is 43.9 Å². The molecule has 0 saturated heterocycles. The second-order valence-electron chi connectivity index (χ2n) is 5.61. The number of hydrogen-bond acceptors (Lipinski definition) is 1. The first kappa shape index (κ1) is 16.0. The second kappa shape index (κ2) is 7.07. The molecule has 0 unspecified atom stereocenters. The first-order chi connectivity index (χ1) is 10.5. The molecular formula is C18H21FN2O. The fourth-order valence-corrected chi connectivity index (χ4v) is 2.30. The highest BCUT2D eigenvalue weighted by Crippen LogP contribution is 2.23. The Hall–Kier alpha value is -2.36. The first-order valence-corrected chi connectivity index (χ1v) is 7.39. The Morgan fingerprint density at radius 3 is 2.27 bits per heavy atom. The summed E-state index contributed by atoms with van der Waals surface area (Å²) in [5, 5.41) is 5.74. The van der Waals surface area contributed by atoms with Gasteiger partial charge in [-0.15, -0.1) is 0 Å². The highest BCUT2D eigenvalue weighted by atomic mass is 19.1. The monoisotopic (exact) mass is 300 g/mol. The summed E-state index contributed by atoms with van der Waals surface area (Å²) in [7, 11) is 0. The van der Waals surface area contributed by atoms with Crippen LogP contribution in [0.2, 0.25) is 0 Å². The Morgan fingerprint density at radius 2 is 1.64 bits per heavy atom. The van der Waals surface area contributed by atoms with E-state index in [0.717, 1.165) is 16.8 Å². The zero-order chi connectivity index (χ0) is 16.1. The SMILES string of the molecule is CC(C)c1ccccc1NC(=O)N[C@@H](C)c1ccc(F)cc1. The van der Waals surface area contributed by atoms with Crippen LogP contribution < -0.4 is 10.6 Å². The van der Waals surface area contributed by atoms with Gasteiger partial charge in [0, 0.05) is 5.69 Å². The Kier molecular flexibility index (Phi) is 5.15. The van der Waals surface area contributed by atoms with Crippen LogP contribution in [-0.4, -0.2) is 6.03 Å². The van der Waals surface area contributed by atoms with E-state index >= 15 is 0 Å². The van der Waals surface area contributed by atoms with Crippen LogP contribution in [0, 0.1) is 5.82 Å². The van der Waals surface area contributed by atoms with E-state index in [1.54, 1.807) is 12.1 Å². The van der Waals surface area contributed by atoms with Crippen molar-refractivity contribution in [3.05, 3.63) is 65.5 Å². The molecule has 4 heteroatoms. The third-order valence-corrected chi connectivity index (χ3v) is 3.55. The first-order valence-electron chi connectivity index (χ1n) is 7.39. The molecule has 1 atom stereocenters. The van der Waals surface area contributed by atoms with Crippen molar-refractivity contribution in [2.45, 2.75) is 32.7 Å². The van der Waals surface area contributed by atoms with E-state index in [1.165, 1.54) is 12.1 Å². The van der Waals surface area contributed by atoms with Gasteiger partial charge in [0.05, 0.1) is 6.04 Å². The van der Waals surface area contributed by atoms with Crippen molar-refractivity contribution in [1.29, 1.82) is 0 Å². The van der Waals surface area contributed by atoms with Crippen LogP contribution in [0.3, 0.4) is 0 Å². The number of halogens is 1. The number of para-hydroxylation sites is 1. The van der Waals surface area contributed by atoms with Gasteiger partial charge in [-0.2, -0.15) is 0 Å². The average molecular weight is 300 g/mol. The van der Waals surface area contributed by atoms with Gasteiger partial charge < -0.3 is 10.6 Å². The average Bonchev–Trinajstić information content (AvgIpc) is 2.48. The van der Waals surface area contributed by atoms with Crippen molar-refractivity contribution in [1.82, 2.24) is 5.32 Å². The van der Waals surface area contributed by atoms with Crippen molar-refractivity contribution < 1.29 is 9.18 Å². The standard InChI is InChI=1S/C18H21FN2O/c1-12(2)16-6-4-5-7-17(16)21-18(22)20-13(3)14-8-10-15(19)11-9-14/h4-13H,1-3H3,(H2,20,21,22)/t13-/m0/s1. The molecule has 2 N–H and O–H groups in total. The molecule has 2 aromatic rings. The molecule has 0 spiro atoms. The third kappa shape index (κ3) is 4.07. The van der Waals surface area contributed by atoms with E-state index in [-0.39, 0.29) is 17.9 Å². The predicted octanol–water partition coefficient (Wildman–Crippen LogP) is 4.83. The minimum atomic E-state index is -0.286. The molecule has 0 fully saturated rings. The number of rotatable bonds is 4. The highest BCUT2D eigenvalue weighted by molar-refractivity contribution is 5.90. The lowest BCUT2D eigenvalue weighted by molar-refractivity contribution is 0.249. The van der Waals surface area contributed by atoms with Crippen molar-refractivity contribution >= 4 is 11.7 Å². The summed E-state index contributed by atoms with van der Waals surface area (Å²) in [5.74, 6) is 0.0392. The maximum Gasteiger partial charge on any atom is 0.319 e. The van der Waals surface area contributed by atoms with Gasteiger partial charge in [0.1, 0.15) is 5.82 Å². The van der Waals surface area contributed by atoms with Gasteiger partial charge in [-0.1, -0.05) is 44.2 Å². The smallest absolute Gasteiger partial charge is 0.319 e. The fraction of sp³-hybridized carbons (Fsp3) is 0.278. The van der Waals surface area contributed by atoms with E-state index in [2.05, 4.69) is 24.5 Å². The zero-order valence-electron chi connectivity index (χ0n) is 13.1. The molecule has 0 radical (unpaired) electrons. The number of nitrogens with one attached hydrogen (secondary N) is 2. The van der Waals surface area contributed by atoms with E-state index < -0.39 is 0 Å². The van der Waals surface area contributed by atoms with E-state index in [0.29, 0.717) is 5.92 Å². The third-order valence-electron chi connectivity index (χ3n) is 3.55. The summed E-state index contributed by atoms with van der Waals surface area (Å²) in [6.07, 6.45) is 0. The summed E-state index contributed by atoms with van der Waals surface area (Å²) in [5.41, 5.74) is 2.75. The summed E-state index contributed by atoms with van der Waals surface area (Å²) >= 11 is 0. The maximum atomic E-state index is 12.9. The molecule has 0 bridgehead atoms. The van der Waals surface area contributed by atoms with Crippen LogP contribution in [-0.2, 0) is 0 Å². The van der Waals surface area contributed by atoms with Crippen LogP contribution in [0.25, 0.3) is 0 Å². The van der Waals surface area contributed by atoms with Crippen LogP contribution in [0.15, 0.2) is 48.5 Å². The summed E-state index contributed by atoms with van der Waals surface area (Å²) in [6, 6.07) is 13.4. The molecule has 116 valence electrons. The van der Waals surface area contributed by atoms with E-state index in [1.807, 2.05) is 31.2 Å². The molecule has 2 amide bonds. The number of hydrogen-bond donors (Lipinski definition) is 2. The molecule has 3 nitrogen and oxygen atoms in total. The fourth-order valence-electron chi connectivity index (χ4n) is 2.30. The molecule has 0 aliphatic heterocycles. The summed E-state index contributed by atoms with van der Waals surface area (Å²) < 4.78 is 12.9. The summed E-state index contributed by atoms with van der Waals surface area (Å²) in [6.45, 7) is 6.03. The highest BCUT2D eigenvalue weighted by Gasteiger charge is 2.12. The van der Waals surface area contributed by atoms with Crippen LogP contribution in [0.4, 0.5) is 14.9 Å². The number of benzene rings is 2. The predicted molar refractivity (Wildman–Crippen MR) is 87.5 cm³/mol. The lowest BCUT2D eigenvalue weighted by Crippen LogP contribution is -2.31. The normalized spacial score (nSPS) is 12.0. The summed E-state index contributed by atoms with van der Waals surface area (Å²) in [4.78, 5) is 12.1. The van der Waals surface area contributed by atoms with Gasteiger partial charge in [0.15, 0.2) is 0 Å². The van der Waals surface area contributed by atoms with Gasteiger partial charge in [0.25, 0.3) is 0 Å². The number of carbonyl (C=O) groups is 1. The number of carbonyl (C=O) groups excluding carboxylic acids is 1. The molecule has 2 aromatic carbocycles. The van der Waals surface area contributed by atoms with E-state index in [9.17, 15) is 9.18 Å². The lowest BCUT2D eigenvalue weighted by Gasteiger charge is -2.17. The Balaban J connectivity index is 2.02. The molecule has 0 heterocycles. The molecule has 0 aliphatic carbocycles. The molecule has 2 rings (SSSR count). The Labute approximate surface area is 130 Å². The Morgan fingerprint density at radius 1 is 1.00 bits per heavy atom. The molecule has 0 saturated carbocycles. The molecule has 22 heavy (non-hydrogen) atoms. The second-order valence-corrected chi connectivity index (χ2v) is 5.61. The maximum absolute atomic E-state index is 12.9. The largest absolute Gasteiger partial charge is 0.331 e. The van der Waals surface area contributed by atoms with E-state index in [4.69, 9.17) is 0 Å². The van der Waals surface area contributed by atoms with Crippen molar-refractivity contribution in [2.75, 3.05) is 5.32 Å². The van der Waals surface area contributed by atoms with Crippen LogP contribution >= 0.6 is 0 Å². The molecule has 0 aromatic heterocycles. The van der Waals surface area contributed by atoms with Gasteiger partial charge in [0.2, 0.25) is 0 Å². The van der Waals surface area contributed by atoms with Gasteiger partial charge in [-0.25, -0.2) is 9.18 Å². The number of amides is 2. The van der Waals surface area contributed by atoms with Crippen LogP contribution in [0.5, 0.6) is 0 Å². The Bertz CT molecular complexity index is 638. The lowest BCUT2D eigenvalue weighted by atomic mass is 10.0. The number of urea groups is 1. The van der Waals surface area contributed by atoms with Gasteiger partial charge in [-0.05, 0) is 42.2 Å². The molecule has 0 aliphatic rings.